The van der Waals surface area contributed by atoms with Gasteiger partial charge in [-0.25, -0.2) is 4.79 Å². The maximum Gasteiger partial charge on any atom is 0.436 e. The molecule has 2 aliphatic heterocycles. The number of Topliss-reactive ketones (excluding diaryl/α,β-unsaturated/α-hetero) is 1. The fraction of sp³-hybridized carbons (Fsp3) is 0.818. The Bertz CT molecular complexity index is 688. The van der Waals surface area contributed by atoms with Gasteiger partial charge >= 0.3 is 6.09 Å². The lowest BCUT2D eigenvalue weighted by molar-refractivity contribution is -0.127. The number of hydrogen-bond acceptors (Lipinski definition) is 6. The molecule has 3 aliphatic rings. The van der Waals surface area contributed by atoms with Gasteiger partial charge in [0.2, 0.25) is 11.9 Å². The molecular formula is C22H36N4O6. The molecule has 0 spiro atoms. The minimum absolute atomic E-state index is 0.0101. The number of morpholine rings is 1. The summed E-state index contributed by atoms with van der Waals surface area (Å²) in [4.78, 5) is 43.6. The van der Waals surface area contributed by atoms with Crippen LogP contribution in [0.3, 0.4) is 0 Å². The van der Waals surface area contributed by atoms with E-state index in [2.05, 4.69) is 15.6 Å². The van der Waals surface area contributed by atoms with Crippen LogP contribution in [0.25, 0.3) is 0 Å². The van der Waals surface area contributed by atoms with E-state index in [1.54, 1.807) is 13.8 Å². The number of nitrogens with zero attached hydrogens (tertiary/aromatic N) is 2. The first-order valence-electron chi connectivity index (χ1n) is 11.8. The van der Waals surface area contributed by atoms with Gasteiger partial charge in [0.15, 0.2) is 5.78 Å². The predicted octanol–water partition coefficient (Wildman–Crippen LogP) is 1.23. The van der Waals surface area contributed by atoms with Crippen molar-refractivity contribution in [1.82, 2.24) is 15.5 Å². The van der Waals surface area contributed by atoms with Gasteiger partial charge in [-0.2, -0.15) is 0 Å². The van der Waals surface area contributed by atoms with Gasteiger partial charge < -0.3 is 29.7 Å². The van der Waals surface area contributed by atoms with Crippen LogP contribution in [0.15, 0.2) is 4.99 Å². The first kappa shape index (κ1) is 24.4. The smallest absolute Gasteiger partial charge is 0.436 e. The lowest BCUT2D eigenvalue weighted by atomic mass is 9.84. The summed E-state index contributed by atoms with van der Waals surface area (Å²) in [5.74, 6) is 0.296. The molecule has 1 aliphatic carbocycles. The molecule has 32 heavy (non-hydrogen) atoms. The molecule has 10 heteroatoms. The zero-order valence-corrected chi connectivity index (χ0v) is 19.1. The summed E-state index contributed by atoms with van der Waals surface area (Å²) in [5.41, 5.74) is 0. The van der Waals surface area contributed by atoms with Crippen molar-refractivity contribution in [3.8, 4) is 0 Å². The second-order valence-electron chi connectivity index (χ2n) is 8.64. The van der Waals surface area contributed by atoms with Gasteiger partial charge in [-0.15, -0.1) is 4.99 Å². The first-order chi connectivity index (χ1) is 15.5. The number of amides is 2. The number of hydrogen-bond donors (Lipinski definition) is 2. The Labute approximate surface area is 189 Å². The number of nitrogens with one attached hydrogen (secondary N) is 2. The highest BCUT2D eigenvalue weighted by Crippen LogP contribution is 2.27. The van der Waals surface area contributed by atoms with Crippen molar-refractivity contribution in [3.63, 3.8) is 0 Å². The molecule has 0 radical (unpaired) electrons. The zero-order valence-electron chi connectivity index (χ0n) is 19.1. The molecule has 2 N–H and O–H groups in total. The van der Waals surface area contributed by atoms with Gasteiger partial charge in [-0.1, -0.05) is 32.1 Å². The van der Waals surface area contributed by atoms with E-state index in [1.165, 1.54) is 6.42 Å². The second-order valence-corrected chi connectivity index (χ2v) is 8.64. The van der Waals surface area contributed by atoms with E-state index in [4.69, 9.17) is 14.2 Å². The van der Waals surface area contributed by atoms with Crippen LogP contribution in [0.4, 0.5) is 4.79 Å². The Kier molecular flexibility index (Phi) is 9.28. The van der Waals surface area contributed by atoms with E-state index in [-0.39, 0.29) is 31.0 Å². The molecule has 0 aromatic heterocycles. The highest BCUT2D eigenvalue weighted by molar-refractivity contribution is 5.96. The molecule has 3 atom stereocenters. The lowest BCUT2D eigenvalue weighted by Crippen LogP contribution is -2.57. The molecule has 2 amide bonds. The third-order valence-corrected chi connectivity index (χ3v) is 6.29. The predicted molar refractivity (Wildman–Crippen MR) is 117 cm³/mol. The molecule has 0 aromatic carbocycles. The summed E-state index contributed by atoms with van der Waals surface area (Å²) in [6.07, 6.45) is 5.19. The van der Waals surface area contributed by atoms with Crippen molar-refractivity contribution in [2.45, 2.75) is 70.6 Å². The average Bonchev–Trinajstić information content (AvgIpc) is 3.11. The van der Waals surface area contributed by atoms with E-state index in [9.17, 15) is 14.4 Å². The lowest BCUT2D eigenvalue weighted by Gasteiger charge is -2.33. The third-order valence-electron chi connectivity index (χ3n) is 6.29. The SMILES string of the molecule is CCOC(=O)/N=C(/N[C@@H](CC1CCCCC1)C(=O)N[C@@H]1C(=O)CO[C@H]1C)N1CCOCC1. The Balaban J connectivity index is 1.77. The maximum absolute atomic E-state index is 13.3. The van der Waals surface area contributed by atoms with Crippen molar-refractivity contribution >= 4 is 23.7 Å². The maximum atomic E-state index is 13.3. The number of carbonyl (C=O) groups is 3. The number of ether oxygens (including phenoxy) is 3. The van der Waals surface area contributed by atoms with E-state index in [0.717, 1.165) is 25.7 Å². The minimum atomic E-state index is -0.702. The minimum Gasteiger partial charge on any atom is -0.448 e. The van der Waals surface area contributed by atoms with E-state index >= 15 is 0 Å². The highest BCUT2D eigenvalue weighted by Gasteiger charge is 2.36. The molecule has 3 fully saturated rings. The van der Waals surface area contributed by atoms with Crippen LogP contribution in [0, 0.1) is 5.92 Å². The summed E-state index contributed by atoms with van der Waals surface area (Å²) in [7, 11) is 0. The number of aliphatic imine (C=N–C) groups is 1. The summed E-state index contributed by atoms with van der Waals surface area (Å²) in [6.45, 7) is 5.84. The highest BCUT2D eigenvalue weighted by atomic mass is 16.5. The summed E-state index contributed by atoms with van der Waals surface area (Å²) >= 11 is 0. The zero-order chi connectivity index (χ0) is 22.9. The summed E-state index contributed by atoms with van der Waals surface area (Å²) in [6, 6.07) is -1.29. The van der Waals surface area contributed by atoms with Crippen LogP contribution in [0.5, 0.6) is 0 Å². The molecule has 10 nitrogen and oxygen atoms in total. The molecule has 0 aromatic rings. The van der Waals surface area contributed by atoms with Crippen LogP contribution in [0.1, 0.15) is 52.4 Å². The van der Waals surface area contributed by atoms with Gasteiger partial charge in [-0.3, -0.25) is 9.59 Å². The Hall–Kier alpha value is -2.20. The Morgan fingerprint density at radius 2 is 1.94 bits per heavy atom. The number of carbonyl (C=O) groups excluding carboxylic acids is 3. The van der Waals surface area contributed by atoms with E-state index in [0.29, 0.717) is 44.6 Å². The first-order valence-corrected chi connectivity index (χ1v) is 11.8. The molecule has 180 valence electrons. The standard InChI is InChI=1S/C22H36N4O6/c1-3-31-22(29)25-21(26-9-11-30-12-10-26)23-17(13-16-7-5-4-6-8-16)20(28)24-19-15(2)32-14-18(19)27/h15-17,19H,3-14H2,1-2H3,(H,24,28)(H,23,25,29)/t15-,17-,19-/m0/s1. The van der Waals surface area contributed by atoms with Crippen molar-refractivity contribution < 1.29 is 28.6 Å². The normalized spacial score (nSPS) is 26.0. The molecule has 0 bridgehead atoms. The summed E-state index contributed by atoms with van der Waals surface area (Å²) in [5, 5.41) is 6.08. The largest absolute Gasteiger partial charge is 0.448 e. The molecule has 3 rings (SSSR count). The molecule has 1 saturated carbocycles. The van der Waals surface area contributed by atoms with Gasteiger partial charge in [-0.05, 0) is 26.2 Å². The van der Waals surface area contributed by atoms with Crippen LogP contribution in [-0.4, -0.2) is 86.3 Å². The van der Waals surface area contributed by atoms with Crippen molar-refractivity contribution in [2.24, 2.45) is 10.9 Å². The van der Waals surface area contributed by atoms with Crippen LogP contribution in [-0.2, 0) is 23.8 Å². The van der Waals surface area contributed by atoms with E-state index < -0.39 is 18.2 Å². The van der Waals surface area contributed by atoms with Crippen LogP contribution < -0.4 is 10.6 Å². The van der Waals surface area contributed by atoms with Gasteiger partial charge in [0.25, 0.3) is 0 Å². The van der Waals surface area contributed by atoms with Crippen LogP contribution >= 0.6 is 0 Å². The number of guanidine groups is 1. The Morgan fingerprint density at radius 1 is 1.22 bits per heavy atom. The topological polar surface area (TPSA) is 119 Å². The second kappa shape index (κ2) is 12.2. The fourth-order valence-electron chi connectivity index (χ4n) is 4.47. The fourth-order valence-corrected chi connectivity index (χ4v) is 4.47. The summed E-state index contributed by atoms with van der Waals surface area (Å²) < 4.78 is 15.8. The van der Waals surface area contributed by atoms with Gasteiger partial charge in [0, 0.05) is 13.1 Å². The average molecular weight is 453 g/mol. The van der Waals surface area contributed by atoms with Gasteiger partial charge in [0.1, 0.15) is 18.7 Å². The monoisotopic (exact) mass is 452 g/mol. The molecule has 0 unspecified atom stereocenters. The van der Waals surface area contributed by atoms with Crippen LogP contribution in [0.2, 0.25) is 0 Å². The number of rotatable bonds is 6. The van der Waals surface area contributed by atoms with Crippen molar-refractivity contribution in [2.75, 3.05) is 39.5 Å². The molecular weight excluding hydrogens is 416 g/mol. The molecule has 2 heterocycles. The quantitative estimate of drug-likeness (QED) is 0.456. The van der Waals surface area contributed by atoms with Crippen molar-refractivity contribution in [3.05, 3.63) is 0 Å². The Morgan fingerprint density at radius 3 is 2.56 bits per heavy atom. The van der Waals surface area contributed by atoms with Crippen molar-refractivity contribution in [1.29, 1.82) is 0 Å². The number of ketones is 1. The third kappa shape index (κ3) is 6.90. The van der Waals surface area contributed by atoms with E-state index in [1.807, 2.05) is 4.90 Å². The molecule has 2 saturated heterocycles. The van der Waals surface area contributed by atoms with Gasteiger partial charge in [0.05, 0.1) is 25.9 Å².